The molecule has 3 fully saturated rings. The number of hydrogen-bond donors (Lipinski definition) is 1. The van der Waals surface area contributed by atoms with Crippen LogP contribution in [-0.4, -0.2) is 77.3 Å². The summed E-state index contributed by atoms with van der Waals surface area (Å²) in [6, 6.07) is 2.49. The SMILES string of the molecule is Cc1nccc(N[C@H]2CN(CC(C)(C)N3CCOCC3)C[C@@H]2C2CC2)n1. The summed E-state index contributed by atoms with van der Waals surface area (Å²) in [5, 5.41) is 3.72. The van der Waals surface area contributed by atoms with Crippen molar-refractivity contribution in [2.24, 2.45) is 11.8 Å². The number of ether oxygens (including phenoxy) is 1. The minimum atomic E-state index is 0.193. The van der Waals surface area contributed by atoms with E-state index in [4.69, 9.17) is 4.74 Å². The lowest BCUT2D eigenvalue weighted by Crippen LogP contribution is -2.55. The summed E-state index contributed by atoms with van der Waals surface area (Å²) in [4.78, 5) is 14.0. The van der Waals surface area contributed by atoms with E-state index >= 15 is 0 Å². The number of rotatable bonds is 6. The highest BCUT2D eigenvalue weighted by molar-refractivity contribution is 5.35. The Morgan fingerprint density at radius 3 is 2.69 bits per heavy atom. The second kappa shape index (κ2) is 7.41. The van der Waals surface area contributed by atoms with Gasteiger partial charge in [0.1, 0.15) is 11.6 Å². The van der Waals surface area contributed by atoms with Crippen LogP contribution in [0.2, 0.25) is 0 Å². The molecule has 1 aliphatic carbocycles. The van der Waals surface area contributed by atoms with Gasteiger partial charge in [-0.25, -0.2) is 9.97 Å². The predicted molar refractivity (Wildman–Crippen MR) is 103 cm³/mol. The molecule has 1 aromatic heterocycles. The third-order valence-corrected chi connectivity index (χ3v) is 6.26. The van der Waals surface area contributed by atoms with Crippen molar-refractivity contribution in [1.29, 1.82) is 0 Å². The van der Waals surface area contributed by atoms with E-state index < -0.39 is 0 Å². The van der Waals surface area contributed by atoms with Gasteiger partial charge in [0.25, 0.3) is 0 Å². The molecule has 1 saturated carbocycles. The topological polar surface area (TPSA) is 53.5 Å². The molecule has 1 N–H and O–H groups in total. The van der Waals surface area contributed by atoms with E-state index in [1.807, 2.05) is 19.2 Å². The van der Waals surface area contributed by atoms with Crippen molar-refractivity contribution in [3.05, 3.63) is 18.1 Å². The highest BCUT2D eigenvalue weighted by Crippen LogP contribution is 2.42. The quantitative estimate of drug-likeness (QED) is 0.839. The van der Waals surface area contributed by atoms with Gasteiger partial charge in [-0.3, -0.25) is 9.80 Å². The summed E-state index contributed by atoms with van der Waals surface area (Å²) < 4.78 is 5.54. The Balaban J connectivity index is 1.40. The van der Waals surface area contributed by atoms with E-state index in [0.29, 0.717) is 6.04 Å². The summed E-state index contributed by atoms with van der Waals surface area (Å²) in [5.41, 5.74) is 0.193. The van der Waals surface area contributed by atoms with Gasteiger partial charge in [-0.2, -0.15) is 0 Å². The maximum absolute atomic E-state index is 5.54. The summed E-state index contributed by atoms with van der Waals surface area (Å²) >= 11 is 0. The molecule has 3 aliphatic rings. The first-order valence-corrected chi connectivity index (χ1v) is 10.1. The molecule has 2 saturated heterocycles. The van der Waals surface area contributed by atoms with Crippen molar-refractivity contribution in [2.45, 2.75) is 45.2 Å². The molecule has 1 aromatic rings. The first-order valence-electron chi connectivity index (χ1n) is 10.1. The van der Waals surface area contributed by atoms with E-state index in [2.05, 4.69) is 38.9 Å². The summed E-state index contributed by atoms with van der Waals surface area (Å²) in [6.45, 7) is 14.0. The minimum Gasteiger partial charge on any atom is -0.379 e. The van der Waals surface area contributed by atoms with Gasteiger partial charge in [0.05, 0.1) is 13.2 Å². The van der Waals surface area contributed by atoms with Gasteiger partial charge in [0.2, 0.25) is 0 Å². The Morgan fingerprint density at radius 1 is 1.23 bits per heavy atom. The first kappa shape index (κ1) is 18.1. The molecule has 26 heavy (non-hydrogen) atoms. The fourth-order valence-corrected chi connectivity index (χ4v) is 4.74. The van der Waals surface area contributed by atoms with Crippen LogP contribution >= 0.6 is 0 Å². The van der Waals surface area contributed by atoms with Crippen LogP contribution in [0.1, 0.15) is 32.5 Å². The number of hydrogen-bond acceptors (Lipinski definition) is 6. The molecule has 0 amide bonds. The van der Waals surface area contributed by atoms with Crippen LogP contribution in [0.4, 0.5) is 5.82 Å². The molecule has 3 heterocycles. The van der Waals surface area contributed by atoms with Crippen LogP contribution < -0.4 is 5.32 Å². The number of nitrogens with zero attached hydrogens (tertiary/aromatic N) is 4. The standard InChI is InChI=1S/C20H33N5O/c1-15-21-7-6-19(22-15)23-18-13-24(12-17(18)16-4-5-16)14-20(2,3)25-8-10-26-11-9-25/h6-7,16-18H,4-5,8-14H2,1-3H3,(H,21,22,23)/t17-,18+/m1/s1. The van der Waals surface area contributed by atoms with E-state index in [1.165, 1.54) is 19.4 Å². The van der Waals surface area contributed by atoms with Crippen LogP contribution in [0.3, 0.4) is 0 Å². The molecule has 0 spiro atoms. The average molecular weight is 360 g/mol. The van der Waals surface area contributed by atoms with Crippen LogP contribution in [0.15, 0.2) is 12.3 Å². The maximum Gasteiger partial charge on any atom is 0.129 e. The molecule has 0 radical (unpaired) electrons. The monoisotopic (exact) mass is 359 g/mol. The van der Waals surface area contributed by atoms with Crippen molar-refractivity contribution < 1.29 is 4.74 Å². The lowest BCUT2D eigenvalue weighted by Gasteiger charge is -2.43. The molecule has 6 nitrogen and oxygen atoms in total. The second-order valence-electron chi connectivity index (χ2n) is 8.85. The zero-order chi connectivity index (χ0) is 18.1. The fraction of sp³-hybridized carbons (Fsp3) is 0.800. The van der Waals surface area contributed by atoms with Gasteiger partial charge in [-0.05, 0) is 51.5 Å². The van der Waals surface area contributed by atoms with Gasteiger partial charge in [0, 0.05) is 50.5 Å². The van der Waals surface area contributed by atoms with Gasteiger partial charge < -0.3 is 10.1 Å². The van der Waals surface area contributed by atoms with Crippen molar-refractivity contribution >= 4 is 5.82 Å². The van der Waals surface area contributed by atoms with Crippen LogP contribution in [0.25, 0.3) is 0 Å². The van der Waals surface area contributed by atoms with Crippen molar-refractivity contribution in [1.82, 2.24) is 19.8 Å². The summed E-state index contributed by atoms with van der Waals surface area (Å²) in [5.74, 6) is 3.45. The number of nitrogens with one attached hydrogen (secondary N) is 1. The van der Waals surface area contributed by atoms with Gasteiger partial charge in [0.15, 0.2) is 0 Å². The molecule has 2 atom stereocenters. The molecule has 144 valence electrons. The zero-order valence-electron chi connectivity index (χ0n) is 16.4. The molecular formula is C20H33N5O. The third-order valence-electron chi connectivity index (χ3n) is 6.26. The normalized spacial score (nSPS) is 28.4. The molecule has 6 heteroatoms. The molecule has 0 aromatic carbocycles. The summed E-state index contributed by atoms with van der Waals surface area (Å²) in [7, 11) is 0. The van der Waals surface area contributed by atoms with Gasteiger partial charge >= 0.3 is 0 Å². The van der Waals surface area contributed by atoms with Crippen molar-refractivity contribution in [2.75, 3.05) is 51.3 Å². The highest BCUT2D eigenvalue weighted by atomic mass is 16.5. The molecule has 4 rings (SSSR count). The fourth-order valence-electron chi connectivity index (χ4n) is 4.74. The Morgan fingerprint density at radius 2 is 2.00 bits per heavy atom. The van der Waals surface area contributed by atoms with E-state index in [0.717, 1.165) is 62.9 Å². The van der Waals surface area contributed by atoms with Crippen LogP contribution in [0.5, 0.6) is 0 Å². The average Bonchev–Trinajstić information content (AvgIpc) is 3.38. The van der Waals surface area contributed by atoms with E-state index in [1.54, 1.807) is 0 Å². The van der Waals surface area contributed by atoms with Crippen LogP contribution in [0, 0.1) is 18.8 Å². The number of likely N-dealkylation sites (tertiary alicyclic amines) is 1. The molecular weight excluding hydrogens is 326 g/mol. The Hall–Kier alpha value is -1.24. The Kier molecular flexibility index (Phi) is 5.17. The predicted octanol–water partition coefficient (Wildman–Crippen LogP) is 2.02. The van der Waals surface area contributed by atoms with Crippen molar-refractivity contribution in [3.8, 4) is 0 Å². The molecule has 0 unspecified atom stereocenters. The lowest BCUT2D eigenvalue weighted by molar-refractivity contribution is -0.0199. The van der Waals surface area contributed by atoms with Gasteiger partial charge in [-0.15, -0.1) is 0 Å². The first-order chi connectivity index (χ1) is 12.5. The highest BCUT2D eigenvalue weighted by Gasteiger charge is 2.44. The molecule has 2 aliphatic heterocycles. The number of aryl methyl sites for hydroxylation is 1. The number of morpholine rings is 1. The third kappa shape index (κ3) is 4.18. The minimum absolute atomic E-state index is 0.193. The number of anilines is 1. The second-order valence-corrected chi connectivity index (χ2v) is 8.85. The lowest BCUT2D eigenvalue weighted by atomic mass is 9.98. The van der Waals surface area contributed by atoms with E-state index in [-0.39, 0.29) is 5.54 Å². The van der Waals surface area contributed by atoms with E-state index in [9.17, 15) is 0 Å². The smallest absolute Gasteiger partial charge is 0.129 e. The Labute approximate surface area is 157 Å². The number of aromatic nitrogens is 2. The van der Waals surface area contributed by atoms with Gasteiger partial charge in [-0.1, -0.05) is 0 Å². The Bertz CT molecular complexity index is 612. The van der Waals surface area contributed by atoms with Crippen molar-refractivity contribution in [3.63, 3.8) is 0 Å². The summed E-state index contributed by atoms with van der Waals surface area (Å²) in [6.07, 6.45) is 4.64. The van der Waals surface area contributed by atoms with Crippen LogP contribution in [-0.2, 0) is 4.74 Å². The molecule has 0 bridgehead atoms. The largest absolute Gasteiger partial charge is 0.379 e. The zero-order valence-corrected chi connectivity index (χ0v) is 16.4. The maximum atomic E-state index is 5.54.